The van der Waals surface area contributed by atoms with E-state index in [2.05, 4.69) is 27.4 Å². The van der Waals surface area contributed by atoms with Gasteiger partial charge in [-0.05, 0) is 30.6 Å². The minimum atomic E-state index is 0.272. The predicted molar refractivity (Wildman–Crippen MR) is 62.4 cm³/mol. The molecule has 3 atom stereocenters. The Labute approximate surface area is 93.6 Å². The third kappa shape index (κ3) is 3.96. The highest BCUT2D eigenvalue weighted by Crippen LogP contribution is 2.35. The molecule has 0 aliphatic heterocycles. The van der Waals surface area contributed by atoms with Crippen molar-refractivity contribution in [2.75, 3.05) is 6.61 Å². The lowest BCUT2D eigenvalue weighted by molar-refractivity contribution is -0.335. The van der Waals surface area contributed by atoms with Crippen molar-refractivity contribution in [1.29, 1.82) is 0 Å². The summed E-state index contributed by atoms with van der Waals surface area (Å²) in [4.78, 5) is 10.6. The van der Waals surface area contributed by atoms with Crippen molar-refractivity contribution >= 4 is 0 Å². The third-order valence-corrected chi connectivity index (χ3v) is 3.34. The first-order valence-electron chi connectivity index (χ1n) is 6.04. The van der Waals surface area contributed by atoms with Crippen LogP contribution in [0.5, 0.6) is 0 Å². The molecule has 1 saturated carbocycles. The van der Waals surface area contributed by atoms with E-state index in [1.54, 1.807) is 6.08 Å². The van der Waals surface area contributed by atoms with E-state index >= 15 is 0 Å². The Morgan fingerprint density at radius 3 is 2.73 bits per heavy atom. The monoisotopic (exact) mass is 212 g/mol. The van der Waals surface area contributed by atoms with Crippen molar-refractivity contribution in [3.8, 4) is 0 Å². The summed E-state index contributed by atoms with van der Waals surface area (Å²) in [6.07, 6.45) is 5.70. The number of rotatable bonds is 5. The molecule has 15 heavy (non-hydrogen) atoms. The molecule has 0 aromatic heterocycles. The van der Waals surface area contributed by atoms with Gasteiger partial charge in [0.1, 0.15) is 6.61 Å². The van der Waals surface area contributed by atoms with Gasteiger partial charge in [-0.2, -0.15) is 0 Å². The summed E-state index contributed by atoms with van der Waals surface area (Å²) in [6, 6.07) is 0. The van der Waals surface area contributed by atoms with Crippen LogP contribution in [0.1, 0.15) is 40.0 Å². The summed E-state index contributed by atoms with van der Waals surface area (Å²) in [5.74, 6) is 2.08. The van der Waals surface area contributed by atoms with Crippen molar-refractivity contribution in [3.63, 3.8) is 0 Å². The third-order valence-electron chi connectivity index (χ3n) is 3.34. The van der Waals surface area contributed by atoms with Gasteiger partial charge in [0.05, 0.1) is 6.10 Å². The lowest BCUT2D eigenvalue weighted by Crippen LogP contribution is -2.34. The molecule has 1 rings (SSSR count). The van der Waals surface area contributed by atoms with E-state index in [4.69, 9.17) is 9.78 Å². The molecule has 0 saturated heterocycles. The second-order valence-corrected chi connectivity index (χ2v) is 5.03. The Balaban J connectivity index is 2.42. The Morgan fingerprint density at radius 2 is 2.13 bits per heavy atom. The van der Waals surface area contributed by atoms with Gasteiger partial charge in [0.25, 0.3) is 0 Å². The molecule has 0 N–H and O–H groups in total. The normalized spacial score (nSPS) is 31.9. The quantitative estimate of drug-likeness (QED) is 0.300. The molecule has 0 spiro atoms. The predicted octanol–water partition coefficient (Wildman–Crippen LogP) is 3.58. The molecular formula is C13H24O2. The van der Waals surface area contributed by atoms with Crippen molar-refractivity contribution in [2.24, 2.45) is 17.8 Å². The fourth-order valence-corrected chi connectivity index (χ4v) is 2.40. The van der Waals surface area contributed by atoms with Crippen LogP contribution in [0.25, 0.3) is 0 Å². The lowest BCUT2D eigenvalue weighted by atomic mass is 9.75. The molecule has 1 fully saturated rings. The van der Waals surface area contributed by atoms with Gasteiger partial charge in [-0.15, -0.1) is 6.58 Å². The van der Waals surface area contributed by atoms with Crippen LogP contribution < -0.4 is 0 Å². The molecule has 88 valence electrons. The summed E-state index contributed by atoms with van der Waals surface area (Å²) in [7, 11) is 0. The minimum Gasteiger partial charge on any atom is -0.233 e. The van der Waals surface area contributed by atoms with E-state index in [1.807, 2.05) is 0 Å². The summed E-state index contributed by atoms with van der Waals surface area (Å²) in [5, 5.41) is 0. The molecule has 2 heteroatoms. The van der Waals surface area contributed by atoms with Gasteiger partial charge in [-0.25, -0.2) is 9.78 Å². The zero-order valence-corrected chi connectivity index (χ0v) is 10.2. The molecule has 1 aliphatic carbocycles. The molecule has 0 radical (unpaired) electrons. The van der Waals surface area contributed by atoms with Crippen LogP contribution in [0.3, 0.4) is 0 Å². The van der Waals surface area contributed by atoms with Crippen LogP contribution in [0.2, 0.25) is 0 Å². The molecule has 0 bridgehead atoms. The van der Waals surface area contributed by atoms with Crippen LogP contribution in [0.4, 0.5) is 0 Å². The van der Waals surface area contributed by atoms with Gasteiger partial charge >= 0.3 is 0 Å². The standard InChI is InChI=1S/C13H24O2/c1-5-8-14-15-13-9-11(4)6-7-12(13)10(2)3/h5,10-13H,1,6-9H2,2-4H3. The first kappa shape index (κ1) is 12.7. The van der Waals surface area contributed by atoms with Gasteiger partial charge in [0.2, 0.25) is 0 Å². The highest BCUT2D eigenvalue weighted by Gasteiger charge is 2.32. The maximum absolute atomic E-state index is 5.50. The maximum Gasteiger partial charge on any atom is 0.100 e. The first-order valence-corrected chi connectivity index (χ1v) is 6.04. The van der Waals surface area contributed by atoms with Gasteiger partial charge < -0.3 is 0 Å². The van der Waals surface area contributed by atoms with Gasteiger partial charge in [0.15, 0.2) is 0 Å². The van der Waals surface area contributed by atoms with Crippen LogP contribution >= 0.6 is 0 Å². The molecular weight excluding hydrogens is 188 g/mol. The molecule has 1 aliphatic rings. The largest absolute Gasteiger partial charge is 0.233 e. The second kappa shape index (κ2) is 6.29. The topological polar surface area (TPSA) is 18.5 Å². The Morgan fingerprint density at radius 1 is 1.40 bits per heavy atom. The fourth-order valence-electron chi connectivity index (χ4n) is 2.40. The van der Waals surface area contributed by atoms with E-state index in [0.29, 0.717) is 18.4 Å². The highest BCUT2D eigenvalue weighted by atomic mass is 17.2. The molecule has 0 aromatic carbocycles. The van der Waals surface area contributed by atoms with Crippen molar-refractivity contribution in [2.45, 2.75) is 46.1 Å². The van der Waals surface area contributed by atoms with E-state index in [-0.39, 0.29) is 6.10 Å². The summed E-state index contributed by atoms with van der Waals surface area (Å²) in [5.41, 5.74) is 0. The fraction of sp³-hybridized carbons (Fsp3) is 0.846. The highest BCUT2D eigenvalue weighted by molar-refractivity contribution is 4.80. The van der Waals surface area contributed by atoms with E-state index < -0.39 is 0 Å². The smallest absolute Gasteiger partial charge is 0.100 e. The summed E-state index contributed by atoms with van der Waals surface area (Å²) >= 11 is 0. The average Bonchev–Trinajstić information content (AvgIpc) is 2.18. The molecule has 3 unspecified atom stereocenters. The van der Waals surface area contributed by atoms with Gasteiger partial charge in [0, 0.05) is 0 Å². The molecule has 0 aromatic rings. The molecule has 0 heterocycles. The maximum atomic E-state index is 5.50. The first-order chi connectivity index (χ1) is 7.15. The van der Waals surface area contributed by atoms with Crippen molar-refractivity contribution in [1.82, 2.24) is 0 Å². The van der Waals surface area contributed by atoms with E-state index in [9.17, 15) is 0 Å². The Bertz CT molecular complexity index is 189. The van der Waals surface area contributed by atoms with Crippen LogP contribution in [-0.2, 0) is 9.78 Å². The summed E-state index contributed by atoms with van der Waals surface area (Å²) < 4.78 is 0. The number of hydrogen-bond donors (Lipinski definition) is 0. The van der Waals surface area contributed by atoms with Gasteiger partial charge in [-0.3, -0.25) is 0 Å². The molecule has 2 nitrogen and oxygen atoms in total. The average molecular weight is 212 g/mol. The second-order valence-electron chi connectivity index (χ2n) is 5.03. The minimum absolute atomic E-state index is 0.272. The Kier molecular flexibility index (Phi) is 5.34. The van der Waals surface area contributed by atoms with E-state index in [1.165, 1.54) is 12.8 Å². The van der Waals surface area contributed by atoms with Crippen molar-refractivity contribution < 1.29 is 9.78 Å². The zero-order chi connectivity index (χ0) is 11.3. The van der Waals surface area contributed by atoms with Crippen LogP contribution in [0.15, 0.2) is 12.7 Å². The van der Waals surface area contributed by atoms with Gasteiger partial charge in [-0.1, -0.05) is 33.3 Å². The lowest BCUT2D eigenvalue weighted by Gasteiger charge is -2.35. The van der Waals surface area contributed by atoms with E-state index in [0.717, 1.165) is 12.3 Å². The van der Waals surface area contributed by atoms with Crippen LogP contribution in [-0.4, -0.2) is 12.7 Å². The Hall–Kier alpha value is -0.340. The summed E-state index contributed by atoms with van der Waals surface area (Å²) in [6.45, 7) is 10.9. The number of hydrogen-bond acceptors (Lipinski definition) is 2. The van der Waals surface area contributed by atoms with Crippen molar-refractivity contribution in [3.05, 3.63) is 12.7 Å². The SMILES string of the molecule is C=CCOOC1CC(C)CCC1C(C)C. The van der Waals surface area contributed by atoms with Crippen LogP contribution in [0, 0.1) is 17.8 Å². The molecule has 0 amide bonds. The zero-order valence-electron chi connectivity index (χ0n) is 10.2.